The van der Waals surface area contributed by atoms with Gasteiger partial charge in [0, 0.05) is 23.4 Å². The highest BCUT2D eigenvalue weighted by molar-refractivity contribution is 6.14. The van der Waals surface area contributed by atoms with E-state index in [2.05, 4.69) is 20.5 Å². The monoisotopic (exact) mass is 367 g/mol. The minimum absolute atomic E-state index is 0.112. The van der Waals surface area contributed by atoms with Crippen molar-refractivity contribution in [3.8, 4) is 0 Å². The number of nitrogens with two attached hydrogens (primary N) is 1. The number of nitrogens with zero attached hydrogens (tertiary/aromatic N) is 3. The summed E-state index contributed by atoms with van der Waals surface area (Å²) in [6, 6.07) is 8.03. The number of halogens is 1. The Hall–Kier alpha value is -3.55. The molecule has 27 heavy (non-hydrogen) atoms. The van der Waals surface area contributed by atoms with Crippen molar-refractivity contribution >= 4 is 17.3 Å². The standard InChI is InChI=1S/C19H18FN5O2/c1-12-8-19(26)23-11-18(24-12)15(21)9-17(16-6-7-27-25-16)22-10-13-4-2-3-5-14(13)20/h2-9H,10-11,21H2,1H3,(H,23,26). The lowest BCUT2D eigenvalue weighted by atomic mass is 10.1. The Morgan fingerprint density at radius 3 is 2.96 bits per heavy atom. The normalized spacial score (nSPS) is 15.7. The SMILES string of the molecule is CC1=CC(=O)NCC(C(N)=CC(=NCc2ccccc2F)c2ccon2)=N1. The zero-order valence-electron chi connectivity index (χ0n) is 14.6. The quantitative estimate of drug-likeness (QED) is 0.790. The van der Waals surface area contributed by atoms with Gasteiger partial charge < -0.3 is 15.6 Å². The van der Waals surface area contributed by atoms with E-state index in [1.807, 2.05) is 0 Å². The third-order valence-electron chi connectivity index (χ3n) is 3.78. The highest BCUT2D eigenvalue weighted by atomic mass is 19.1. The van der Waals surface area contributed by atoms with Crippen molar-refractivity contribution in [3.63, 3.8) is 0 Å². The van der Waals surface area contributed by atoms with E-state index >= 15 is 0 Å². The number of amides is 1. The molecule has 1 aliphatic heterocycles. The van der Waals surface area contributed by atoms with E-state index in [1.54, 1.807) is 37.3 Å². The van der Waals surface area contributed by atoms with E-state index in [4.69, 9.17) is 10.3 Å². The third kappa shape index (κ3) is 4.75. The molecular formula is C19H18FN5O2. The number of carbonyl (C=O) groups excluding carboxylic acids is 1. The number of aliphatic imine (C=N–C) groups is 2. The second kappa shape index (κ2) is 8.22. The molecule has 0 radical (unpaired) electrons. The number of allylic oxidation sites excluding steroid dienone is 2. The van der Waals surface area contributed by atoms with Gasteiger partial charge in [-0.3, -0.25) is 14.8 Å². The molecule has 1 amide bonds. The van der Waals surface area contributed by atoms with Crippen LogP contribution in [0.15, 0.2) is 74.6 Å². The van der Waals surface area contributed by atoms with Gasteiger partial charge in [0.05, 0.1) is 30.2 Å². The highest BCUT2D eigenvalue weighted by Gasteiger charge is 2.13. The smallest absolute Gasteiger partial charge is 0.246 e. The zero-order chi connectivity index (χ0) is 19.2. The largest absolute Gasteiger partial charge is 0.397 e. The van der Waals surface area contributed by atoms with Gasteiger partial charge in [0.25, 0.3) is 0 Å². The molecule has 138 valence electrons. The van der Waals surface area contributed by atoms with Crippen LogP contribution in [0.25, 0.3) is 0 Å². The molecule has 0 saturated heterocycles. The van der Waals surface area contributed by atoms with Crippen LogP contribution in [0.2, 0.25) is 0 Å². The van der Waals surface area contributed by atoms with Gasteiger partial charge in [0.1, 0.15) is 17.8 Å². The first-order valence-corrected chi connectivity index (χ1v) is 8.23. The number of benzene rings is 1. The van der Waals surface area contributed by atoms with Crippen molar-refractivity contribution in [3.05, 3.63) is 77.2 Å². The summed E-state index contributed by atoms with van der Waals surface area (Å²) in [6.45, 7) is 2.01. The molecule has 0 fully saturated rings. The fourth-order valence-corrected chi connectivity index (χ4v) is 2.44. The maximum absolute atomic E-state index is 13.9. The second-order valence-electron chi connectivity index (χ2n) is 5.84. The molecule has 0 unspecified atom stereocenters. The predicted octanol–water partition coefficient (Wildman–Crippen LogP) is 2.12. The Kier molecular flexibility index (Phi) is 5.55. The molecule has 0 atom stereocenters. The van der Waals surface area contributed by atoms with Crippen LogP contribution < -0.4 is 11.1 Å². The number of aromatic nitrogens is 1. The van der Waals surface area contributed by atoms with Gasteiger partial charge in [-0.15, -0.1) is 0 Å². The average Bonchev–Trinajstić information content (AvgIpc) is 3.11. The van der Waals surface area contributed by atoms with E-state index in [9.17, 15) is 9.18 Å². The van der Waals surface area contributed by atoms with Gasteiger partial charge in [-0.25, -0.2) is 4.39 Å². The van der Waals surface area contributed by atoms with E-state index in [0.717, 1.165) is 0 Å². The van der Waals surface area contributed by atoms with Gasteiger partial charge in [0.15, 0.2) is 0 Å². The van der Waals surface area contributed by atoms with Crippen LogP contribution in [0.1, 0.15) is 18.2 Å². The number of hydrogen-bond acceptors (Lipinski definition) is 6. The summed E-state index contributed by atoms with van der Waals surface area (Å²) in [5, 5.41) is 6.56. The molecule has 2 aromatic rings. The predicted molar refractivity (Wildman–Crippen MR) is 99.6 cm³/mol. The van der Waals surface area contributed by atoms with E-state index in [0.29, 0.717) is 34.1 Å². The molecule has 0 aliphatic carbocycles. The Bertz CT molecular complexity index is 958. The Morgan fingerprint density at radius 2 is 2.22 bits per heavy atom. The minimum Gasteiger partial charge on any atom is -0.397 e. The summed E-state index contributed by atoms with van der Waals surface area (Å²) in [5.41, 5.74) is 8.86. The van der Waals surface area contributed by atoms with Gasteiger partial charge in [-0.05, 0) is 19.1 Å². The number of carbonyl (C=O) groups is 1. The number of hydrogen-bond donors (Lipinski definition) is 2. The first-order chi connectivity index (χ1) is 13.0. The van der Waals surface area contributed by atoms with Gasteiger partial charge >= 0.3 is 0 Å². The number of nitrogens with one attached hydrogen (secondary N) is 1. The summed E-state index contributed by atoms with van der Waals surface area (Å²) in [6.07, 6.45) is 4.39. The third-order valence-corrected chi connectivity index (χ3v) is 3.78. The van der Waals surface area contributed by atoms with E-state index in [1.165, 1.54) is 18.4 Å². The lowest BCUT2D eigenvalue weighted by Crippen LogP contribution is -2.29. The molecular weight excluding hydrogens is 349 g/mol. The Balaban J connectivity index is 1.91. The van der Waals surface area contributed by atoms with Crippen molar-refractivity contribution in [2.24, 2.45) is 15.7 Å². The second-order valence-corrected chi connectivity index (χ2v) is 5.84. The molecule has 1 aliphatic rings. The Morgan fingerprint density at radius 1 is 1.41 bits per heavy atom. The highest BCUT2D eigenvalue weighted by Crippen LogP contribution is 2.11. The zero-order valence-corrected chi connectivity index (χ0v) is 14.6. The molecule has 1 aromatic heterocycles. The summed E-state index contributed by atoms with van der Waals surface area (Å²) >= 11 is 0. The van der Waals surface area contributed by atoms with Crippen LogP contribution in [0.5, 0.6) is 0 Å². The molecule has 0 bridgehead atoms. The first-order valence-electron chi connectivity index (χ1n) is 8.23. The Labute approximate surface area is 155 Å². The minimum atomic E-state index is -0.339. The van der Waals surface area contributed by atoms with Crippen LogP contribution in [-0.4, -0.2) is 29.0 Å². The van der Waals surface area contributed by atoms with E-state index < -0.39 is 0 Å². The maximum atomic E-state index is 13.9. The fraction of sp³-hybridized carbons (Fsp3) is 0.158. The van der Waals surface area contributed by atoms with Crippen LogP contribution in [0.4, 0.5) is 4.39 Å². The van der Waals surface area contributed by atoms with Crippen LogP contribution in [-0.2, 0) is 11.3 Å². The molecule has 2 heterocycles. The van der Waals surface area contributed by atoms with Crippen LogP contribution >= 0.6 is 0 Å². The summed E-state index contributed by atoms with van der Waals surface area (Å²) in [5.74, 6) is -0.571. The summed E-state index contributed by atoms with van der Waals surface area (Å²) in [4.78, 5) is 20.3. The van der Waals surface area contributed by atoms with Crippen LogP contribution in [0.3, 0.4) is 0 Å². The average molecular weight is 367 g/mol. The molecule has 8 heteroatoms. The summed E-state index contributed by atoms with van der Waals surface area (Å²) < 4.78 is 18.7. The van der Waals surface area contributed by atoms with Crippen LogP contribution in [0, 0.1) is 5.82 Å². The lowest BCUT2D eigenvalue weighted by molar-refractivity contribution is -0.116. The van der Waals surface area contributed by atoms with Crippen molar-refractivity contribution in [2.75, 3.05) is 6.54 Å². The van der Waals surface area contributed by atoms with E-state index in [-0.39, 0.29) is 24.8 Å². The lowest BCUT2D eigenvalue weighted by Gasteiger charge is -2.07. The molecule has 1 aromatic carbocycles. The van der Waals surface area contributed by atoms with Crippen molar-refractivity contribution in [1.29, 1.82) is 0 Å². The summed E-state index contributed by atoms with van der Waals surface area (Å²) in [7, 11) is 0. The first kappa shape index (κ1) is 18.2. The van der Waals surface area contributed by atoms with Gasteiger partial charge in [0.2, 0.25) is 5.91 Å². The molecule has 3 N–H and O–H groups in total. The topological polar surface area (TPSA) is 106 Å². The van der Waals surface area contributed by atoms with Crippen molar-refractivity contribution in [1.82, 2.24) is 10.5 Å². The molecule has 0 spiro atoms. The molecule has 7 nitrogen and oxygen atoms in total. The number of rotatable bonds is 5. The van der Waals surface area contributed by atoms with Gasteiger partial charge in [-0.1, -0.05) is 23.4 Å². The fourth-order valence-electron chi connectivity index (χ4n) is 2.44. The van der Waals surface area contributed by atoms with Crippen molar-refractivity contribution < 1.29 is 13.7 Å². The van der Waals surface area contributed by atoms with Crippen molar-refractivity contribution in [2.45, 2.75) is 13.5 Å². The van der Waals surface area contributed by atoms with Gasteiger partial charge in [-0.2, -0.15) is 0 Å². The maximum Gasteiger partial charge on any atom is 0.246 e. The molecule has 3 rings (SSSR count). The molecule has 0 saturated carbocycles.